The summed E-state index contributed by atoms with van der Waals surface area (Å²) in [6.07, 6.45) is -0.725. The van der Waals surface area contributed by atoms with Crippen molar-refractivity contribution in [2.75, 3.05) is 13.7 Å². The molecular weight excluding hydrogens is 120 g/mol. The van der Waals surface area contributed by atoms with E-state index in [9.17, 15) is 4.79 Å². The fourth-order valence-corrected chi connectivity index (χ4v) is 0.290. The van der Waals surface area contributed by atoms with Gasteiger partial charge in [0, 0.05) is 6.04 Å². The molecule has 0 aliphatic rings. The number of carbonyl (C=O) groups is 1. The molecule has 1 unspecified atom stereocenters. The minimum Gasteiger partial charge on any atom is -0.448 e. The first kappa shape index (κ1) is 8.23. The molecule has 1 amide bonds. The van der Waals surface area contributed by atoms with E-state index in [1.54, 1.807) is 7.05 Å². The van der Waals surface area contributed by atoms with Crippen LogP contribution in [0.4, 0.5) is 4.79 Å². The number of rotatable bonds is 3. The fraction of sp³-hybridized carbons (Fsp3) is 0.800. The number of hydrogen-bond donors (Lipinski definition) is 2. The average Bonchev–Trinajstić information content (AvgIpc) is 1.83. The molecule has 54 valence electrons. The third-order valence-corrected chi connectivity index (χ3v) is 0.968. The van der Waals surface area contributed by atoms with Gasteiger partial charge in [-0.05, 0) is 14.0 Å². The molecule has 3 N–H and O–H groups in total. The van der Waals surface area contributed by atoms with E-state index in [2.05, 4.69) is 10.1 Å². The van der Waals surface area contributed by atoms with Crippen molar-refractivity contribution in [3.05, 3.63) is 0 Å². The van der Waals surface area contributed by atoms with Gasteiger partial charge in [-0.3, -0.25) is 0 Å². The largest absolute Gasteiger partial charge is 0.448 e. The smallest absolute Gasteiger partial charge is 0.404 e. The van der Waals surface area contributed by atoms with E-state index in [1.165, 1.54) is 0 Å². The van der Waals surface area contributed by atoms with Gasteiger partial charge in [0.25, 0.3) is 0 Å². The normalized spacial score (nSPS) is 12.7. The lowest BCUT2D eigenvalue weighted by Crippen LogP contribution is -2.29. The Morgan fingerprint density at radius 2 is 2.44 bits per heavy atom. The summed E-state index contributed by atoms with van der Waals surface area (Å²) in [5.41, 5.74) is 4.71. The van der Waals surface area contributed by atoms with E-state index in [-0.39, 0.29) is 6.04 Å². The zero-order valence-electron chi connectivity index (χ0n) is 5.68. The monoisotopic (exact) mass is 132 g/mol. The van der Waals surface area contributed by atoms with Gasteiger partial charge in [-0.1, -0.05) is 0 Å². The number of primary amides is 1. The SMILES string of the molecule is CNC(C)COC(N)=O. The van der Waals surface area contributed by atoms with Crippen LogP contribution in [0.2, 0.25) is 0 Å². The number of likely N-dealkylation sites (N-methyl/N-ethyl adjacent to an activating group) is 1. The predicted molar refractivity (Wildman–Crippen MR) is 34.1 cm³/mol. The highest BCUT2D eigenvalue weighted by Crippen LogP contribution is 1.80. The van der Waals surface area contributed by atoms with Crippen LogP contribution in [-0.2, 0) is 4.74 Å². The van der Waals surface area contributed by atoms with Crippen molar-refractivity contribution < 1.29 is 9.53 Å². The summed E-state index contributed by atoms with van der Waals surface area (Å²) in [7, 11) is 1.79. The van der Waals surface area contributed by atoms with E-state index in [0.29, 0.717) is 6.61 Å². The molecule has 0 aromatic carbocycles. The van der Waals surface area contributed by atoms with Crippen molar-refractivity contribution in [3.8, 4) is 0 Å². The van der Waals surface area contributed by atoms with Crippen LogP contribution < -0.4 is 11.1 Å². The van der Waals surface area contributed by atoms with Crippen LogP contribution in [0, 0.1) is 0 Å². The predicted octanol–water partition coefficient (Wildman–Crippen LogP) is -0.310. The summed E-state index contributed by atoms with van der Waals surface area (Å²) in [4.78, 5) is 9.99. The molecule has 0 aliphatic carbocycles. The van der Waals surface area contributed by atoms with Gasteiger partial charge in [-0.15, -0.1) is 0 Å². The fourth-order valence-electron chi connectivity index (χ4n) is 0.290. The second-order valence-corrected chi connectivity index (χ2v) is 1.82. The highest BCUT2D eigenvalue weighted by molar-refractivity contribution is 5.64. The molecule has 0 rings (SSSR count). The molecule has 0 fully saturated rings. The first-order chi connectivity index (χ1) is 4.16. The maximum atomic E-state index is 9.99. The van der Waals surface area contributed by atoms with E-state index in [4.69, 9.17) is 5.73 Å². The molecule has 0 aliphatic heterocycles. The second kappa shape index (κ2) is 4.14. The number of ether oxygens (including phenoxy) is 1. The topological polar surface area (TPSA) is 64.3 Å². The van der Waals surface area contributed by atoms with Crippen molar-refractivity contribution in [2.24, 2.45) is 5.73 Å². The van der Waals surface area contributed by atoms with E-state index in [1.807, 2.05) is 6.92 Å². The number of hydrogen-bond acceptors (Lipinski definition) is 3. The van der Waals surface area contributed by atoms with Crippen molar-refractivity contribution >= 4 is 6.09 Å². The molecule has 0 saturated carbocycles. The lowest BCUT2D eigenvalue weighted by Gasteiger charge is -2.07. The Hall–Kier alpha value is -0.770. The van der Waals surface area contributed by atoms with Crippen LogP contribution in [0.3, 0.4) is 0 Å². The maximum Gasteiger partial charge on any atom is 0.404 e. The van der Waals surface area contributed by atoms with E-state index in [0.717, 1.165) is 0 Å². The van der Waals surface area contributed by atoms with Crippen molar-refractivity contribution in [3.63, 3.8) is 0 Å². The molecule has 4 heteroatoms. The van der Waals surface area contributed by atoms with Gasteiger partial charge in [-0.2, -0.15) is 0 Å². The zero-order valence-corrected chi connectivity index (χ0v) is 5.68. The molecule has 0 spiro atoms. The third-order valence-electron chi connectivity index (χ3n) is 0.968. The Bertz CT molecular complexity index is 95.0. The summed E-state index contributed by atoms with van der Waals surface area (Å²) in [6, 6.07) is 0.164. The van der Waals surface area contributed by atoms with E-state index >= 15 is 0 Å². The van der Waals surface area contributed by atoms with Gasteiger partial charge < -0.3 is 15.8 Å². The molecule has 0 aromatic rings. The minimum absolute atomic E-state index is 0.164. The molecule has 0 radical (unpaired) electrons. The number of amides is 1. The van der Waals surface area contributed by atoms with Crippen LogP contribution in [0.1, 0.15) is 6.92 Å². The number of nitrogens with two attached hydrogens (primary N) is 1. The van der Waals surface area contributed by atoms with Crippen molar-refractivity contribution in [2.45, 2.75) is 13.0 Å². The summed E-state index contributed by atoms with van der Waals surface area (Å²) in [6.45, 7) is 2.22. The minimum atomic E-state index is -0.725. The van der Waals surface area contributed by atoms with Gasteiger partial charge in [0.15, 0.2) is 0 Å². The molecule has 9 heavy (non-hydrogen) atoms. The van der Waals surface area contributed by atoms with Gasteiger partial charge in [0.1, 0.15) is 6.61 Å². The van der Waals surface area contributed by atoms with Gasteiger partial charge in [0.05, 0.1) is 0 Å². The maximum absolute atomic E-state index is 9.99. The van der Waals surface area contributed by atoms with Crippen LogP contribution in [0.25, 0.3) is 0 Å². The highest BCUT2D eigenvalue weighted by atomic mass is 16.5. The van der Waals surface area contributed by atoms with Gasteiger partial charge in [-0.25, -0.2) is 4.79 Å². The number of carbonyl (C=O) groups excluding carboxylic acids is 1. The summed E-state index contributed by atoms with van der Waals surface area (Å²) >= 11 is 0. The molecular formula is C5H12N2O2. The Labute approximate surface area is 54.4 Å². The summed E-state index contributed by atoms with van der Waals surface area (Å²) < 4.78 is 4.47. The van der Waals surface area contributed by atoms with Gasteiger partial charge in [0.2, 0.25) is 0 Å². The third kappa shape index (κ3) is 5.10. The Balaban J connectivity index is 3.16. The Morgan fingerprint density at radius 3 is 2.78 bits per heavy atom. The Kier molecular flexibility index (Phi) is 3.79. The van der Waals surface area contributed by atoms with Crippen molar-refractivity contribution in [1.29, 1.82) is 0 Å². The molecule has 0 saturated heterocycles. The Morgan fingerprint density at radius 1 is 1.89 bits per heavy atom. The zero-order chi connectivity index (χ0) is 7.28. The van der Waals surface area contributed by atoms with Crippen LogP contribution in [-0.4, -0.2) is 25.8 Å². The quantitative estimate of drug-likeness (QED) is 0.553. The molecule has 1 atom stereocenters. The average molecular weight is 132 g/mol. The molecule has 4 nitrogen and oxygen atoms in total. The highest BCUT2D eigenvalue weighted by Gasteiger charge is 1.98. The molecule has 0 heterocycles. The van der Waals surface area contributed by atoms with Crippen molar-refractivity contribution in [1.82, 2.24) is 5.32 Å². The van der Waals surface area contributed by atoms with Gasteiger partial charge >= 0.3 is 6.09 Å². The molecule has 0 aromatic heterocycles. The van der Waals surface area contributed by atoms with Crippen LogP contribution in [0.15, 0.2) is 0 Å². The lowest BCUT2D eigenvalue weighted by molar-refractivity contribution is 0.147. The lowest BCUT2D eigenvalue weighted by atomic mass is 10.4. The first-order valence-corrected chi connectivity index (χ1v) is 2.76. The summed E-state index contributed by atoms with van der Waals surface area (Å²) in [5, 5.41) is 2.89. The van der Waals surface area contributed by atoms with Crippen LogP contribution >= 0.6 is 0 Å². The standard InChI is InChI=1S/C5H12N2O2/c1-4(7-2)3-9-5(6)8/h4,7H,3H2,1-2H3,(H2,6,8). The van der Waals surface area contributed by atoms with Crippen LogP contribution in [0.5, 0.6) is 0 Å². The second-order valence-electron chi connectivity index (χ2n) is 1.82. The van der Waals surface area contributed by atoms with E-state index < -0.39 is 6.09 Å². The summed E-state index contributed by atoms with van der Waals surface area (Å²) in [5.74, 6) is 0. The number of nitrogens with one attached hydrogen (secondary N) is 1. The first-order valence-electron chi connectivity index (χ1n) is 2.76. The molecule has 0 bridgehead atoms.